The van der Waals surface area contributed by atoms with Crippen LogP contribution >= 0.6 is 0 Å². The fourth-order valence-corrected chi connectivity index (χ4v) is 1.31. The van der Waals surface area contributed by atoms with Crippen LogP contribution in [-0.4, -0.2) is 43.0 Å². The third kappa shape index (κ3) is 7.74. The van der Waals surface area contributed by atoms with Gasteiger partial charge in [-0.05, 0) is 12.1 Å². The van der Waals surface area contributed by atoms with Crippen molar-refractivity contribution in [1.82, 2.24) is 0 Å². The summed E-state index contributed by atoms with van der Waals surface area (Å²) in [6, 6.07) is 8.99. The Morgan fingerprint density at radius 2 is 1.90 bits per heavy atom. The zero-order chi connectivity index (χ0) is 15.5. The van der Waals surface area contributed by atoms with Crippen LogP contribution in [0.4, 0.5) is 0 Å². The normalized spacial score (nSPS) is 11.3. The molecule has 0 aliphatic rings. The zero-order valence-corrected chi connectivity index (χ0v) is 11.6. The van der Waals surface area contributed by atoms with E-state index in [4.69, 9.17) is 9.47 Å². The van der Waals surface area contributed by atoms with Crippen LogP contribution in [0.1, 0.15) is 6.42 Å². The molecule has 1 atom stereocenters. The molecule has 21 heavy (non-hydrogen) atoms. The van der Waals surface area contributed by atoms with E-state index in [1.165, 1.54) is 0 Å². The molecule has 1 N–H and O–H groups in total. The summed E-state index contributed by atoms with van der Waals surface area (Å²) in [5.74, 6) is -0.538. The van der Waals surface area contributed by atoms with Crippen molar-refractivity contribution in [2.75, 3.05) is 19.8 Å². The summed E-state index contributed by atoms with van der Waals surface area (Å²) in [5.41, 5.74) is 0. The highest BCUT2D eigenvalue weighted by Gasteiger charge is 2.10. The van der Waals surface area contributed by atoms with Crippen LogP contribution < -0.4 is 4.74 Å². The van der Waals surface area contributed by atoms with Crippen molar-refractivity contribution in [3.05, 3.63) is 43.0 Å². The standard InChI is InChI=1S/C15H18O6/c1-2-14(17)19-9-8-15(18)21-11-12(16)10-20-13-6-4-3-5-7-13/h2-7,12,16H,1,8-11H2. The van der Waals surface area contributed by atoms with Gasteiger partial charge in [-0.15, -0.1) is 0 Å². The van der Waals surface area contributed by atoms with E-state index in [-0.39, 0.29) is 26.2 Å². The molecule has 1 unspecified atom stereocenters. The Balaban J connectivity index is 2.11. The molecule has 1 rings (SSSR count). The van der Waals surface area contributed by atoms with Crippen LogP contribution in [0.3, 0.4) is 0 Å². The van der Waals surface area contributed by atoms with Crippen molar-refractivity contribution in [2.45, 2.75) is 12.5 Å². The summed E-state index contributed by atoms with van der Waals surface area (Å²) < 4.78 is 14.8. The second-order valence-corrected chi connectivity index (χ2v) is 4.08. The first-order valence-electron chi connectivity index (χ1n) is 6.42. The molecule has 0 saturated carbocycles. The Labute approximate surface area is 122 Å². The van der Waals surface area contributed by atoms with Crippen molar-refractivity contribution in [3.8, 4) is 5.75 Å². The molecule has 0 spiro atoms. The largest absolute Gasteiger partial charge is 0.491 e. The van der Waals surface area contributed by atoms with E-state index >= 15 is 0 Å². The quantitative estimate of drug-likeness (QED) is 0.542. The van der Waals surface area contributed by atoms with Gasteiger partial charge in [0.15, 0.2) is 0 Å². The van der Waals surface area contributed by atoms with Crippen LogP contribution in [0, 0.1) is 0 Å². The maximum absolute atomic E-state index is 11.3. The van der Waals surface area contributed by atoms with Crippen molar-refractivity contribution in [3.63, 3.8) is 0 Å². The number of ether oxygens (including phenoxy) is 3. The highest BCUT2D eigenvalue weighted by atomic mass is 16.6. The first-order chi connectivity index (χ1) is 10.1. The number of benzene rings is 1. The Kier molecular flexibility index (Phi) is 7.60. The third-order valence-electron chi connectivity index (χ3n) is 2.34. The molecule has 6 heteroatoms. The highest BCUT2D eigenvalue weighted by Crippen LogP contribution is 2.08. The number of hydrogen-bond donors (Lipinski definition) is 1. The molecule has 6 nitrogen and oxygen atoms in total. The summed E-state index contributed by atoms with van der Waals surface area (Å²) in [4.78, 5) is 22.0. The smallest absolute Gasteiger partial charge is 0.330 e. The van der Waals surface area contributed by atoms with Gasteiger partial charge in [0, 0.05) is 6.08 Å². The minimum atomic E-state index is -0.926. The van der Waals surface area contributed by atoms with Crippen LogP contribution in [0.2, 0.25) is 0 Å². The number of esters is 2. The van der Waals surface area contributed by atoms with E-state index in [1.807, 2.05) is 18.2 Å². The number of carbonyl (C=O) groups is 2. The van der Waals surface area contributed by atoms with Gasteiger partial charge in [-0.2, -0.15) is 0 Å². The van der Waals surface area contributed by atoms with E-state index < -0.39 is 18.0 Å². The lowest BCUT2D eigenvalue weighted by molar-refractivity contribution is -0.150. The van der Waals surface area contributed by atoms with E-state index in [1.54, 1.807) is 12.1 Å². The lowest BCUT2D eigenvalue weighted by Crippen LogP contribution is -2.25. The zero-order valence-electron chi connectivity index (χ0n) is 11.6. The monoisotopic (exact) mass is 294 g/mol. The minimum Gasteiger partial charge on any atom is -0.491 e. The molecule has 0 bridgehead atoms. The van der Waals surface area contributed by atoms with E-state index in [0.29, 0.717) is 5.75 Å². The molecule has 1 aromatic carbocycles. The maximum Gasteiger partial charge on any atom is 0.330 e. The predicted octanol–water partition coefficient (Wildman–Crippen LogP) is 1.09. The molecule has 0 aromatic heterocycles. The number of para-hydroxylation sites is 1. The molecule has 114 valence electrons. The SMILES string of the molecule is C=CC(=O)OCCC(=O)OCC(O)COc1ccccc1. The van der Waals surface area contributed by atoms with Crippen molar-refractivity contribution < 1.29 is 28.9 Å². The van der Waals surface area contributed by atoms with E-state index in [0.717, 1.165) is 6.08 Å². The van der Waals surface area contributed by atoms with Crippen LogP contribution in [0.15, 0.2) is 43.0 Å². The molecule has 0 aliphatic carbocycles. The summed E-state index contributed by atoms with van der Waals surface area (Å²) in [6.07, 6.45) is 0.00636. The molecule has 0 radical (unpaired) electrons. The fourth-order valence-electron chi connectivity index (χ4n) is 1.31. The number of aliphatic hydroxyl groups excluding tert-OH is 1. The van der Waals surface area contributed by atoms with Gasteiger partial charge in [0.05, 0.1) is 6.42 Å². The summed E-state index contributed by atoms with van der Waals surface area (Å²) in [7, 11) is 0. The lowest BCUT2D eigenvalue weighted by atomic mass is 10.3. The van der Waals surface area contributed by atoms with Crippen molar-refractivity contribution in [1.29, 1.82) is 0 Å². The number of carbonyl (C=O) groups excluding carboxylic acids is 2. The fraction of sp³-hybridized carbons (Fsp3) is 0.333. The average Bonchev–Trinajstić information content (AvgIpc) is 2.51. The molecule has 0 aliphatic heterocycles. The third-order valence-corrected chi connectivity index (χ3v) is 2.34. The molecule has 0 amide bonds. The predicted molar refractivity (Wildman–Crippen MR) is 74.7 cm³/mol. The highest BCUT2D eigenvalue weighted by molar-refractivity contribution is 5.81. The number of hydrogen-bond acceptors (Lipinski definition) is 6. The summed E-state index contributed by atoms with van der Waals surface area (Å²) in [6.45, 7) is 2.98. The molecule has 1 aromatic rings. The van der Waals surface area contributed by atoms with Gasteiger partial charge in [0.25, 0.3) is 0 Å². The van der Waals surface area contributed by atoms with Gasteiger partial charge in [-0.25, -0.2) is 4.79 Å². The van der Waals surface area contributed by atoms with Gasteiger partial charge >= 0.3 is 11.9 Å². The van der Waals surface area contributed by atoms with Gasteiger partial charge < -0.3 is 19.3 Å². The summed E-state index contributed by atoms with van der Waals surface area (Å²) in [5, 5.41) is 9.61. The van der Waals surface area contributed by atoms with Crippen LogP contribution in [-0.2, 0) is 19.1 Å². The maximum atomic E-state index is 11.3. The number of aliphatic hydroxyl groups is 1. The second-order valence-electron chi connectivity index (χ2n) is 4.08. The van der Waals surface area contributed by atoms with Gasteiger partial charge in [0.1, 0.15) is 31.7 Å². The second kappa shape index (κ2) is 9.55. The first-order valence-corrected chi connectivity index (χ1v) is 6.42. The molecular formula is C15H18O6. The Morgan fingerprint density at radius 1 is 1.19 bits per heavy atom. The molecule has 0 fully saturated rings. The van der Waals surface area contributed by atoms with E-state index in [2.05, 4.69) is 11.3 Å². The molecular weight excluding hydrogens is 276 g/mol. The van der Waals surface area contributed by atoms with Gasteiger partial charge in [-0.3, -0.25) is 4.79 Å². The minimum absolute atomic E-state index is 0.0166. The Bertz CT molecular complexity index is 456. The van der Waals surface area contributed by atoms with Crippen molar-refractivity contribution >= 4 is 11.9 Å². The van der Waals surface area contributed by atoms with Crippen LogP contribution in [0.5, 0.6) is 5.75 Å². The summed E-state index contributed by atoms with van der Waals surface area (Å²) >= 11 is 0. The molecule has 0 saturated heterocycles. The first kappa shape index (κ1) is 16.7. The van der Waals surface area contributed by atoms with Gasteiger partial charge in [0.2, 0.25) is 0 Å². The Hall–Kier alpha value is -2.34. The average molecular weight is 294 g/mol. The van der Waals surface area contributed by atoms with E-state index in [9.17, 15) is 14.7 Å². The Morgan fingerprint density at radius 3 is 2.57 bits per heavy atom. The topological polar surface area (TPSA) is 82.1 Å². The van der Waals surface area contributed by atoms with Gasteiger partial charge in [-0.1, -0.05) is 24.8 Å². The van der Waals surface area contributed by atoms with Crippen LogP contribution in [0.25, 0.3) is 0 Å². The lowest BCUT2D eigenvalue weighted by Gasteiger charge is -2.12. The molecule has 0 heterocycles. The number of rotatable bonds is 9. The van der Waals surface area contributed by atoms with Crippen molar-refractivity contribution in [2.24, 2.45) is 0 Å².